The van der Waals surface area contributed by atoms with Crippen molar-refractivity contribution in [1.82, 2.24) is 35.0 Å². The van der Waals surface area contributed by atoms with E-state index in [4.69, 9.17) is 24.4 Å². The summed E-state index contributed by atoms with van der Waals surface area (Å²) in [4.78, 5) is 43.6. The fourth-order valence-electron chi connectivity index (χ4n) is 6.20. The normalized spacial score (nSPS) is 17.5. The molecule has 0 spiro atoms. The van der Waals surface area contributed by atoms with Crippen molar-refractivity contribution in [2.45, 2.75) is 110 Å². The maximum absolute atomic E-state index is 12.3. The minimum absolute atomic E-state index is 0.101. The highest BCUT2D eigenvalue weighted by atomic mass is 16.6. The van der Waals surface area contributed by atoms with Gasteiger partial charge in [0.1, 0.15) is 17.0 Å². The molecule has 11 heteroatoms. The van der Waals surface area contributed by atoms with E-state index in [1.165, 1.54) is 0 Å². The monoisotopic (exact) mass is 655 g/mol. The van der Waals surface area contributed by atoms with Gasteiger partial charge in [-0.3, -0.25) is 9.38 Å². The van der Waals surface area contributed by atoms with Crippen LogP contribution in [0.4, 0.5) is 9.59 Å². The predicted octanol–water partition coefficient (Wildman–Crippen LogP) is 7.05. The second-order valence-electron chi connectivity index (χ2n) is 14.7. The molecule has 11 nitrogen and oxygen atoms in total. The molecule has 1 unspecified atom stereocenters. The van der Waals surface area contributed by atoms with Crippen LogP contribution in [0, 0.1) is 5.92 Å². The van der Waals surface area contributed by atoms with Crippen molar-refractivity contribution in [2.24, 2.45) is 5.92 Å². The third-order valence-corrected chi connectivity index (χ3v) is 8.38. The zero-order valence-corrected chi connectivity index (χ0v) is 29.0. The van der Waals surface area contributed by atoms with Crippen LogP contribution in [0.3, 0.4) is 0 Å². The standard InChI is InChI=1S/C37H49N7O4/c1-36(2,3)47-34(45)40-18-16-27(26-10-8-7-9-11-26)23-32-39-19-17-29(43-32)31-24-41-33-30(38-20-21-44(31)33)22-25-12-14-28(15-13-25)42-35(46)48-37(4,5)6/h7-11,17,19-21,24-25,27-28H,12-16,18,22-23H2,1-6H3,(H,40,45)(H,42,46). The first kappa shape index (κ1) is 34.8. The number of amides is 2. The predicted molar refractivity (Wildman–Crippen MR) is 185 cm³/mol. The van der Waals surface area contributed by atoms with E-state index in [1.54, 1.807) is 6.20 Å². The van der Waals surface area contributed by atoms with Crippen LogP contribution in [0.15, 0.2) is 61.2 Å². The van der Waals surface area contributed by atoms with E-state index in [9.17, 15) is 9.59 Å². The Hall–Kier alpha value is -4.54. The molecule has 3 heterocycles. The van der Waals surface area contributed by atoms with E-state index < -0.39 is 17.3 Å². The number of hydrogen-bond donors (Lipinski definition) is 2. The minimum atomic E-state index is -0.548. The van der Waals surface area contributed by atoms with E-state index in [0.29, 0.717) is 25.3 Å². The lowest BCUT2D eigenvalue weighted by atomic mass is 9.83. The maximum atomic E-state index is 12.3. The molecule has 2 amide bonds. The number of imidazole rings is 1. The van der Waals surface area contributed by atoms with Crippen LogP contribution in [-0.2, 0) is 22.3 Å². The number of ether oxygens (including phenoxy) is 2. The summed E-state index contributed by atoms with van der Waals surface area (Å²) in [5.41, 5.74) is 3.57. The van der Waals surface area contributed by atoms with Gasteiger partial charge in [-0.2, -0.15) is 0 Å². The molecule has 256 valence electrons. The Bertz CT molecular complexity index is 1670. The summed E-state index contributed by atoms with van der Waals surface area (Å²) in [5, 5.41) is 5.92. The Morgan fingerprint density at radius 3 is 2.31 bits per heavy atom. The third-order valence-electron chi connectivity index (χ3n) is 8.38. The highest BCUT2D eigenvalue weighted by molar-refractivity contribution is 5.68. The van der Waals surface area contributed by atoms with Crippen molar-refractivity contribution in [3.05, 3.63) is 78.3 Å². The van der Waals surface area contributed by atoms with Crippen molar-refractivity contribution in [3.63, 3.8) is 0 Å². The number of carbonyl (C=O) groups excluding carboxylic acids is 2. The Balaban J connectivity index is 1.24. The molecule has 2 N–H and O–H groups in total. The van der Waals surface area contributed by atoms with E-state index >= 15 is 0 Å². The van der Waals surface area contributed by atoms with E-state index in [1.807, 2.05) is 84.4 Å². The average Bonchev–Trinajstić information content (AvgIpc) is 3.46. The summed E-state index contributed by atoms with van der Waals surface area (Å²) in [6.07, 6.45) is 12.6. The van der Waals surface area contributed by atoms with Gasteiger partial charge in [-0.15, -0.1) is 0 Å². The number of fused-ring (bicyclic) bond motifs is 1. The third kappa shape index (κ3) is 9.98. The van der Waals surface area contributed by atoms with Gasteiger partial charge in [0.05, 0.1) is 23.3 Å². The van der Waals surface area contributed by atoms with Crippen LogP contribution in [-0.4, -0.2) is 60.3 Å². The molecule has 0 radical (unpaired) electrons. The van der Waals surface area contributed by atoms with E-state index in [-0.39, 0.29) is 18.1 Å². The number of aromatic nitrogens is 5. The fourth-order valence-corrected chi connectivity index (χ4v) is 6.20. The average molecular weight is 656 g/mol. The number of benzene rings is 1. The lowest BCUT2D eigenvalue weighted by Crippen LogP contribution is -2.41. The topological polar surface area (TPSA) is 133 Å². The summed E-state index contributed by atoms with van der Waals surface area (Å²) < 4.78 is 12.9. The van der Waals surface area contributed by atoms with Crippen LogP contribution in [0.2, 0.25) is 0 Å². The molecule has 5 rings (SSSR count). The largest absolute Gasteiger partial charge is 0.444 e. The zero-order valence-electron chi connectivity index (χ0n) is 29.0. The first-order valence-electron chi connectivity index (χ1n) is 17.0. The number of hydrogen-bond acceptors (Lipinski definition) is 8. The van der Waals surface area contributed by atoms with Crippen LogP contribution in [0.5, 0.6) is 0 Å². The Morgan fingerprint density at radius 1 is 0.896 bits per heavy atom. The van der Waals surface area contributed by atoms with Crippen molar-refractivity contribution in [2.75, 3.05) is 6.54 Å². The van der Waals surface area contributed by atoms with E-state index in [0.717, 1.165) is 66.2 Å². The number of alkyl carbamates (subject to hydrolysis) is 2. The van der Waals surface area contributed by atoms with Crippen LogP contribution in [0.25, 0.3) is 17.0 Å². The molecule has 1 aliphatic carbocycles. The number of nitrogens with zero attached hydrogens (tertiary/aromatic N) is 5. The fraction of sp³-hybridized carbons (Fsp3) is 0.514. The Morgan fingerprint density at radius 2 is 1.60 bits per heavy atom. The first-order valence-corrected chi connectivity index (χ1v) is 17.0. The molecule has 1 aliphatic rings. The molecule has 48 heavy (non-hydrogen) atoms. The molecule has 0 aliphatic heterocycles. The molecule has 1 aromatic carbocycles. The van der Waals surface area contributed by atoms with Gasteiger partial charge >= 0.3 is 12.2 Å². The van der Waals surface area contributed by atoms with Gasteiger partial charge in [0.2, 0.25) is 0 Å². The minimum Gasteiger partial charge on any atom is -0.444 e. The molecule has 3 aromatic heterocycles. The van der Waals surface area contributed by atoms with Gasteiger partial charge in [-0.25, -0.2) is 24.5 Å². The van der Waals surface area contributed by atoms with Crippen LogP contribution < -0.4 is 10.6 Å². The Labute approximate surface area is 283 Å². The highest BCUT2D eigenvalue weighted by Gasteiger charge is 2.26. The maximum Gasteiger partial charge on any atom is 0.407 e. The number of nitrogens with one attached hydrogen (secondary N) is 2. The van der Waals surface area contributed by atoms with Gasteiger partial charge < -0.3 is 20.1 Å². The highest BCUT2D eigenvalue weighted by Crippen LogP contribution is 2.30. The summed E-state index contributed by atoms with van der Waals surface area (Å²) in [6, 6.07) is 12.3. The number of carbonyl (C=O) groups is 2. The van der Waals surface area contributed by atoms with Crippen molar-refractivity contribution in [3.8, 4) is 11.4 Å². The quantitative estimate of drug-likeness (QED) is 0.186. The lowest BCUT2D eigenvalue weighted by Gasteiger charge is -2.30. The van der Waals surface area contributed by atoms with Crippen molar-refractivity contribution in [1.29, 1.82) is 0 Å². The van der Waals surface area contributed by atoms with Gasteiger partial charge in [0.15, 0.2) is 5.65 Å². The van der Waals surface area contributed by atoms with Gasteiger partial charge in [-0.05, 0) is 104 Å². The second-order valence-corrected chi connectivity index (χ2v) is 14.7. The summed E-state index contributed by atoms with van der Waals surface area (Å²) in [7, 11) is 0. The molecular weight excluding hydrogens is 606 g/mol. The summed E-state index contributed by atoms with van der Waals surface area (Å²) >= 11 is 0. The molecule has 0 bridgehead atoms. The number of rotatable bonds is 10. The zero-order chi connectivity index (χ0) is 34.3. The van der Waals surface area contributed by atoms with Crippen molar-refractivity contribution >= 4 is 17.8 Å². The Kier molecular flexibility index (Phi) is 11.0. The van der Waals surface area contributed by atoms with Gasteiger partial charge in [0.25, 0.3) is 0 Å². The molecule has 1 fully saturated rings. The van der Waals surface area contributed by atoms with Gasteiger partial charge in [-0.1, -0.05) is 30.3 Å². The molecule has 1 saturated carbocycles. The second kappa shape index (κ2) is 15.1. The smallest absolute Gasteiger partial charge is 0.407 e. The first-order chi connectivity index (χ1) is 22.8. The molecular formula is C37H49N7O4. The van der Waals surface area contributed by atoms with Gasteiger partial charge in [0, 0.05) is 37.6 Å². The molecule has 4 aromatic rings. The van der Waals surface area contributed by atoms with Crippen LogP contribution >= 0.6 is 0 Å². The lowest BCUT2D eigenvalue weighted by molar-refractivity contribution is 0.0484. The van der Waals surface area contributed by atoms with Crippen LogP contribution in [0.1, 0.15) is 96.6 Å². The molecule has 1 atom stereocenters. The molecule has 0 saturated heterocycles. The van der Waals surface area contributed by atoms with E-state index in [2.05, 4.69) is 32.2 Å². The summed E-state index contributed by atoms with van der Waals surface area (Å²) in [6.45, 7) is 11.7. The summed E-state index contributed by atoms with van der Waals surface area (Å²) in [5.74, 6) is 1.29. The van der Waals surface area contributed by atoms with Crippen molar-refractivity contribution < 1.29 is 19.1 Å². The SMILES string of the molecule is CC(C)(C)OC(=O)NCCC(Cc1nccc(-c2cnc3c(CC4CCC(NC(=O)OC(C)(C)C)CC4)nccn23)n1)c1ccccc1.